The third kappa shape index (κ3) is 4.05. The van der Waals surface area contributed by atoms with Crippen LogP contribution in [0.1, 0.15) is 16.7 Å². The van der Waals surface area contributed by atoms with E-state index in [1.54, 1.807) is 10.9 Å². The Labute approximate surface area is 217 Å². The number of aryl methyl sites for hydroxylation is 1. The second-order valence-corrected chi connectivity index (χ2v) is 8.83. The molecule has 0 spiro atoms. The Kier molecular flexibility index (Phi) is 5.85. The molecule has 9 nitrogen and oxygen atoms in total. The van der Waals surface area contributed by atoms with Crippen LogP contribution in [0.15, 0.2) is 91.1 Å². The molecule has 3 N–H and O–H groups in total. The number of aromatic amines is 1. The highest BCUT2D eigenvalue weighted by molar-refractivity contribution is 5.99. The van der Waals surface area contributed by atoms with Gasteiger partial charge in [0.15, 0.2) is 5.65 Å². The fourth-order valence-corrected chi connectivity index (χ4v) is 4.72. The SMILES string of the molecule is Cc1ccccc1/C(=C(/Cn1nc(-c2ccc3cn[nH]c3c2)c2c(N)ncnc21)OC=O)c1ccccc1. The molecule has 0 atom stereocenters. The van der Waals surface area contributed by atoms with Crippen molar-refractivity contribution in [2.75, 3.05) is 5.73 Å². The molecule has 0 bridgehead atoms. The standard InChI is InChI=1S/C29H23N7O2/c1-18-7-5-6-10-22(18)25(19-8-3-2-4-9-19)24(38-17-37)15-36-29-26(28(30)31-16-32-29)27(35-36)20-11-12-21-14-33-34-23(21)13-20/h2-14,16-17H,15H2,1H3,(H,33,34)(H2,30,31,32)/b25-24-. The van der Waals surface area contributed by atoms with Gasteiger partial charge in [-0.2, -0.15) is 10.2 Å². The molecule has 9 heteroatoms. The topological polar surface area (TPSA) is 125 Å². The first-order valence-corrected chi connectivity index (χ1v) is 12.0. The summed E-state index contributed by atoms with van der Waals surface area (Å²) in [5, 5.41) is 13.6. The lowest BCUT2D eigenvalue weighted by Gasteiger charge is -2.17. The Balaban J connectivity index is 1.57. The van der Waals surface area contributed by atoms with Gasteiger partial charge in [-0.05, 0) is 29.7 Å². The molecule has 6 aromatic rings. The molecule has 0 saturated heterocycles. The monoisotopic (exact) mass is 501 g/mol. The normalized spacial score (nSPS) is 12.0. The Bertz CT molecular complexity index is 1820. The second-order valence-electron chi connectivity index (χ2n) is 8.83. The number of aromatic nitrogens is 6. The minimum Gasteiger partial charge on any atom is -0.431 e. The van der Waals surface area contributed by atoms with Gasteiger partial charge in [0, 0.05) is 16.5 Å². The molecule has 3 aromatic heterocycles. The molecular weight excluding hydrogens is 478 g/mol. The van der Waals surface area contributed by atoms with Crippen LogP contribution >= 0.6 is 0 Å². The van der Waals surface area contributed by atoms with Crippen LogP contribution in [0.25, 0.3) is 38.8 Å². The number of allylic oxidation sites excluding steroid dienone is 1. The van der Waals surface area contributed by atoms with Gasteiger partial charge in [0.05, 0.1) is 17.1 Å². The zero-order valence-corrected chi connectivity index (χ0v) is 20.5. The molecule has 0 aliphatic rings. The zero-order valence-electron chi connectivity index (χ0n) is 20.5. The molecule has 0 fully saturated rings. The van der Waals surface area contributed by atoms with E-state index in [4.69, 9.17) is 15.6 Å². The van der Waals surface area contributed by atoms with Crippen molar-refractivity contribution in [3.05, 3.63) is 108 Å². The maximum atomic E-state index is 11.8. The predicted molar refractivity (Wildman–Crippen MR) is 146 cm³/mol. The number of anilines is 1. The minimum absolute atomic E-state index is 0.135. The first-order chi connectivity index (χ1) is 18.6. The lowest BCUT2D eigenvalue weighted by atomic mass is 9.93. The number of benzene rings is 3. The summed E-state index contributed by atoms with van der Waals surface area (Å²) in [6.07, 6.45) is 3.17. The number of carbonyl (C=O) groups is 1. The molecule has 6 rings (SSSR count). The van der Waals surface area contributed by atoms with Crippen molar-refractivity contribution in [1.82, 2.24) is 29.9 Å². The molecule has 0 radical (unpaired) electrons. The Morgan fingerprint density at radius 1 is 1.05 bits per heavy atom. The third-order valence-corrected chi connectivity index (χ3v) is 6.51. The minimum atomic E-state index is 0.135. The van der Waals surface area contributed by atoms with Crippen molar-refractivity contribution in [2.24, 2.45) is 0 Å². The van der Waals surface area contributed by atoms with E-state index >= 15 is 0 Å². The highest BCUT2D eigenvalue weighted by Crippen LogP contribution is 2.34. The van der Waals surface area contributed by atoms with Crippen molar-refractivity contribution in [3.63, 3.8) is 0 Å². The van der Waals surface area contributed by atoms with Gasteiger partial charge in [0.1, 0.15) is 30.1 Å². The molecule has 0 aliphatic carbocycles. The van der Waals surface area contributed by atoms with Gasteiger partial charge < -0.3 is 10.5 Å². The Morgan fingerprint density at radius 2 is 1.87 bits per heavy atom. The zero-order chi connectivity index (χ0) is 26.1. The number of nitrogens with one attached hydrogen (secondary N) is 1. The molecule has 0 aliphatic heterocycles. The van der Waals surface area contributed by atoms with E-state index < -0.39 is 0 Å². The highest BCUT2D eigenvalue weighted by atomic mass is 16.5. The smallest absolute Gasteiger partial charge is 0.298 e. The van der Waals surface area contributed by atoms with E-state index in [-0.39, 0.29) is 6.54 Å². The number of fused-ring (bicyclic) bond motifs is 2. The maximum Gasteiger partial charge on any atom is 0.298 e. The van der Waals surface area contributed by atoms with E-state index in [9.17, 15) is 4.79 Å². The summed E-state index contributed by atoms with van der Waals surface area (Å²) < 4.78 is 7.36. The number of nitrogen functional groups attached to an aromatic ring is 1. The number of rotatable bonds is 7. The molecule has 0 saturated carbocycles. The highest BCUT2D eigenvalue weighted by Gasteiger charge is 2.22. The summed E-state index contributed by atoms with van der Waals surface area (Å²) in [5.41, 5.74) is 12.9. The first kappa shape index (κ1) is 23.1. The van der Waals surface area contributed by atoms with Gasteiger partial charge in [-0.1, -0.05) is 66.7 Å². The van der Waals surface area contributed by atoms with E-state index in [1.807, 2.05) is 79.7 Å². The van der Waals surface area contributed by atoms with Gasteiger partial charge in [-0.15, -0.1) is 0 Å². The summed E-state index contributed by atoms with van der Waals surface area (Å²) >= 11 is 0. The largest absolute Gasteiger partial charge is 0.431 e. The van der Waals surface area contributed by atoms with Crippen molar-refractivity contribution >= 4 is 39.8 Å². The Morgan fingerprint density at radius 3 is 2.68 bits per heavy atom. The molecule has 0 unspecified atom stereocenters. The predicted octanol–water partition coefficient (Wildman–Crippen LogP) is 4.89. The maximum absolute atomic E-state index is 11.8. The number of carbonyl (C=O) groups excluding carboxylic acids is 1. The number of hydrogen-bond donors (Lipinski definition) is 2. The van der Waals surface area contributed by atoms with Crippen LogP contribution in [0.3, 0.4) is 0 Å². The number of hydrogen-bond acceptors (Lipinski definition) is 7. The van der Waals surface area contributed by atoms with Crippen LogP contribution in [0.4, 0.5) is 5.82 Å². The van der Waals surface area contributed by atoms with Crippen LogP contribution in [-0.4, -0.2) is 36.4 Å². The van der Waals surface area contributed by atoms with Crippen LogP contribution in [0.2, 0.25) is 0 Å². The number of nitrogens with two attached hydrogens (primary N) is 1. The summed E-state index contributed by atoms with van der Waals surface area (Å²) in [6.45, 7) is 2.60. The Hall–Kier alpha value is -5.31. The van der Waals surface area contributed by atoms with Crippen LogP contribution in [0.5, 0.6) is 0 Å². The average molecular weight is 502 g/mol. The number of nitrogens with zero attached hydrogens (tertiary/aromatic N) is 5. The second kappa shape index (κ2) is 9.62. The summed E-state index contributed by atoms with van der Waals surface area (Å²) in [7, 11) is 0. The summed E-state index contributed by atoms with van der Waals surface area (Å²) in [6, 6.07) is 23.7. The van der Waals surface area contributed by atoms with Crippen LogP contribution < -0.4 is 5.73 Å². The van der Waals surface area contributed by atoms with E-state index in [0.29, 0.717) is 34.8 Å². The number of H-pyrrole nitrogens is 1. The lowest BCUT2D eigenvalue weighted by molar-refractivity contribution is -0.125. The van der Waals surface area contributed by atoms with Gasteiger partial charge in [0.2, 0.25) is 0 Å². The summed E-state index contributed by atoms with van der Waals surface area (Å²) in [5.74, 6) is 0.739. The third-order valence-electron chi connectivity index (χ3n) is 6.51. The molecule has 3 heterocycles. The molecule has 38 heavy (non-hydrogen) atoms. The lowest BCUT2D eigenvalue weighted by Crippen LogP contribution is -2.10. The average Bonchev–Trinajstić information content (AvgIpc) is 3.56. The van der Waals surface area contributed by atoms with Gasteiger partial charge in [-0.25, -0.2) is 14.6 Å². The van der Waals surface area contributed by atoms with E-state index in [2.05, 4.69) is 20.2 Å². The molecular formula is C29H23N7O2. The summed E-state index contributed by atoms with van der Waals surface area (Å²) in [4.78, 5) is 20.5. The molecule has 0 amide bonds. The quantitative estimate of drug-likeness (QED) is 0.236. The number of ether oxygens (including phenoxy) is 1. The van der Waals surface area contributed by atoms with Crippen molar-refractivity contribution < 1.29 is 9.53 Å². The molecule has 186 valence electrons. The van der Waals surface area contributed by atoms with E-state index in [1.165, 1.54) is 6.33 Å². The van der Waals surface area contributed by atoms with Gasteiger partial charge in [-0.3, -0.25) is 9.89 Å². The fraction of sp³-hybridized carbons (Fsp3) is 0.0690. The van der Waals surface area contributed by atoms with Crippen LogP contribution in [0, 0.1) is 6.92 Å². The molecule has 3 aromatic carbocycles. The van der Waals surface area contributed by atoms with Crippen LogP contribution in [-0.2, 0) is 16.1 Å². The van der Waals surface area contributed by atoms with Gasteiger partial charge >= 0.3 is 0 Å². The fourth-order valence-electron chi connectivity index (χ4n) is 4.72. The first-order valence-electron chi connectivity index (χ1n) is 12.0. The van der Waals surface area contributed by atoms with E-state index in [0.717, 1.165) is 38.7 Å². The van der Waals surface area contributed by atoms with Crippen molar-refractivity contribution in [3.8, 4) is 11.3 Å². The van der Waals surface area contributed by atoms with Crippen molar-refractivity contribution in [1.29, 1.82) is 0 Å². The van der Waals surface area contributed by atoms with Gasteiger partial charge in [0.25, 0.3) is 6.47 Å². The van der Waals surface area contributed by atoms with Crippen molar-refractivity contribution in [2.45, 2.75) is 13.5 Å².